The van der Waals surface area contributed by atoms with Crippen molar-refractivity contribution in [1.82, 2.24) is 0 Å². The Morgan fingerprint density at radius 1 is 1.00 bits per heavy atom. The predicted molar refractivity (Wildman–Crippen MR) is 96.4 cm³/mol. The van der Waals surface area contributed by atoms with Gasteiger partial charge in [-0.05, 0) is 31.4 Å². The van der Waals surface area contributed by atoms with Crippen LogP contribution < -0.4 is 4.18 Å². The molecule has 0 aliphatic carbocycles. The van der Waals surface area contributed by atoms with Crippen LogP contribution >= 0.6 is 0 Å². The van der Waals surface area contributed by atoms with Gasteiger partial charge in [0.05, 0.1) is 0 Å². The number of carbonyl (C=O) groups is 1. The summed E-state index contributed by atoms with van der Waals surface area (Å²) in [6, 6.07) is 7.92. The average molecular weight is 364 g/mol. The molecule has 1 aromatic carbocycles. The second-order valence-corrected chi connectivity index (χ2v) is 6.36. The standard InChI is InChI=1S/C17H24O5S.Na.H/c1-2-3-4-5-6-7-8-12-15-17(18)22-23(19,20)21-16-13-10-9-11-14-16;;/h2,9-11,13-14H,1,3-8,12,15H2;;. The summed E-state index contributed by atoms with van der Waals surface area (Å²) < 4.78 is 32.2. The van der Waals surface area contributed by atoms with Crippen LogP contribution in [0, 0.1) is 0 Å². The van der Waals surface area contributed by atoms with Gasteiger partial charge in [0, 0.05) is 6.42 Å². The van der Waals surface area contributed by atoms with E-state index < -0.39 is 16.4 Å². The molecule has 0 saturated heterocycles. The summed E-state index contributed by atoms with van der Waals surface area (Å²) in [5.41, 5.74) is 0. The van der Waals surface area contributed by atoms with Crippen LogP contribution in [0.4, 0.5) is 0 Å². The molecule has 0 radical (unpaired) electrons. The third kappa shape index (κ3) is 11.7. The minimum atomic E-state index is -4.35. The van der Waals surface area contributed by atoms with Gasteiger partial charge in [-0.15, -0.1) is 15.0 Å². The van der Waals surface area contributed by atoms with Gasteiger partial charge < -0.3 is 8.37 Å². The first-order chi connectivity index (χ1) is 11.0. The zero-order valence-electron chi connectivity index (χ0n) is 13.3. The molecule has 0 unspecified atom stereocenters. The fourth-order valence-corrected chi connectivity index (χ4v) is 2.72. The molecule has 0 saturated carbocycles. The molecule has 0 amide bonds. The SMILES string of the molecule is C=CCCCCCCCCC(=O)OS(=O)(=O)Oc1ccccc1.[NaH]. The molecule has 130 valence electrons. The van der Waals surface area contributed by atoms with Crippen molar-refractivity contribution in [3.8, 4) is 5.75 Å². The zero-order valence-corrected chi connectivity index (χ0v) is 14.1. The molecule has 1 rings (SSSR count). The van der Waals surface area contributed by atoms with E-state index in [4.69, 9.17) is 0 Å². The maximum atomic E-state index is 11.6. The summed E-state index contributed by atoms with van der Waals surface area (Å²) in [7, 11) is -4.35. The molecule has 0 bridgehead atoms. The van der Waals surface area contributed by atoms with Crippen LogP contribution in [0.3, 0.4) is 0 Å². The first-order valence-electron chi connectivity index (χ1n) is 7.86. The van der Waals surface area contributed by atoms with E-state index in [1.165, 1.54) is 12.1 Å². The topological polar surface area (TPSA) is 69.7 Å². The van der Waals surface area contributed by atoms with Crippen LogP contribution in [0.2, 0.25) is 0 Å². The molecule has 0 aromatic heterocycles. The van der Waals surface area contributed by atoms with E-state index in [0.717, 1.165) is 38.5 Å². The maximum absolute atomic E-state index is 11.6. The van der Waals surface area contributed by atoms with Gasteiger partial charge in [-0.1, -0.05) is 50.0 Å². The quantitative estimate of drug-likeness (QED) is 0.322. The molecule has 0 aliphatic rings. The second-order valence-electron chi connectivity index (χ2n) is 5.21. The molecule has 0 fully saturated rings. The van der Waals surface area contributed by atoms with E-state index in [9.17, 15) is 13.2 Å². The Labute approximate surface area is 167 Å². The second kappa shape index (κ2) is 13.5. The molecule has 0 N–H and O–H groups in total. The van der Waals surface area contributed by atoms with Crippen molar-refractivity contribution in [3.63, 3.8) is 0 Å². The number of benzene rings is 1. The number of hydrogen-bond acceptors (Lipinski definition) is 5. The molecule has 24 heavy (non-hydrogen) atoms. The van der Waals surface area contributed by atoms with E-state index >= 15 is 0 Å². The van der Waals surface area contributed by atoms with Crippen LogP contribution in [0.25, 0.3) is 0 Å². The molecule has 0 atom stereocenters. The molecule has 0 spiro atoms. The Hall–Kier alpha value is -0.820. The molecule has 1 aromatic rings. The monoisotopic (exact) mass is 364 g/mol. The molecule has 5 nitrogen and oxygen atoms in total. The number of para-hydroxylation sites is 1. The van der Waals surface area contributed by atoms with Crippen molar-refractivity contribution in [1.29, 1.82) is 0 Å². The van der Waals surface area contributed by atoms with Crippen LogP contribution in [0.15, 0.2) is 43.0 Å². The molecule has 0 heterocycles. The summed E-state index contributed by atoms with van der Waals surface area (Å²) in [6.45, 7) is 3.67. The zero-order chi connectivity index (χ0) is 17.0. The average Bonchev–Trinajstić information content (AvgIpc) is 2.50. The van der Waals surface area contributed by atoms with Crippen molar-refractivity contribution >= 4 is 45.9 Å². The molecule has 0 aliphatic heterocycles. The molecular weight excluding hydrogens is 339 g/mol. The van der Waals surface area contributed by atoms with Crippen LogP contribution in [0.5, 0.6) is 5.75 Å². The van der Waals surface area contributed by atoms with Crippen molar-refractivity contribution in [2.45, 2.75) is 51.4 Å². The van der Waals surface area contributed by atoms with Crippen LogP contribution in [-0.4, -0.2) is 43.9 Å². The van der Waals surface area contributed by atoms with Crippen molar-refractivity contribution < 1.29 is 21.6 Å². The number of allylic oxidation sites excluding steroid dienone is 1. The van der Waals surface area contributed by atoms with Crippen molar-refractivity contribution in [2.24, 2.45) is 0 Å². The van der Waals surface area contributed by atoms with Gasteiger partial charge in [0.15, 0.2) is 0 Å². The van der Waals surface area contributed by atoms with Gasteiger partial charge >= 0.3 is 45.9 Å². The van der Waals surface area contributed by atoms with Crippen molar-refractivity contribution in [2.75, 3.05) is 0 Å². The Morgan fingerprint density at radius 3 is 2.21 bits per heavy atom. The minimum absolute atomic E-state index is 0. The Morgan fingerprint density at radius 2 is 1.58 bits per heavy atom. The predicted octanol–water partition coefficient (Wildman–Crippen LogP) is 3.51. The normalized spacial score (nSPS) is 10.5. The Kier molecular flexibility index (Phi) is 13.0. The molecular formula is C17H25NaO5S. The summed E-state index contributed by atoms with van der Waals surface area (Å²) in [5, 5.41) is 0. The first-order valence-corrected chi connectivity index (χ1v) is 9.19. The summed E-state index contributed by atoms with van der Waals surface area (Å²) in [4.78, 5) is 11.5. The van der Waals surface area contributed by atoms with Gasteiger partial charge in [-0.3, -0.25) is 4.79 Å². The van der Waals surface area contributed by atoms with Gasteiger partial charge in [-0.25, -0.2) is 0 Å². The van der Waals surface area contributed by atoms with E-state index in [1.807, 2.05) is 6.08 Å². The van der Waals surface area contributed by atoms with Crippen molar-refractivity contribution in [3.05, 3.63) is 43.0 Å². The molecule has 7 heteroatoms. The van der Waals surface area contributed by atoms with Gasteiger partial charge in [0.25, 0.3) is 0 Å². The van der Waals surface area contributed by atoms with Crippen LogP contribution in [-0.2, 0) is 19.4 Å². The third-order valence-corrected chi connectivity index (χ3v) is 3.96. The van der Waals surface area contributed by atoms with E-state index in [-0.39, 0.29) is 41.7 Å². The van der Waals surface area contributed by atoms with Crippen LogP contribution in [0.1, 0.15) is 51.4 Å². The third-order valence-electron chi connectivity index (χ3n) is 3.18. The van der Waals surface area contributed by atoms with E-state index in [2.05, 4.69) is 14.9 Å². The van der Waals surface area contributed by atoms with Gasteiger partial charge in [0.1, 0.15) is 5.75 Å². The number of carbonyl (C=O) groups excluding carboxylic acids is 1. The Bertz CT molecular complexity index is 572. The Balaban J connectivity index is 0.00000529. The number of rotatable bonds is 12. The summed E-state index contributed by atoms with van der Waals surface area (Å²) >= 11 is 0. The first kappa shape index (κ1) is 23.2. The van der Waals surface area contributed by atoms with Gasteiger partial charge in [0.2, 0.25) is 0 Å². The van der Waals surface area contributed by atoms with Gasteiger partial charge in [-0.2, -0.15) is 0 Å². The summed E-state index contributed by atoms with van der Waals surface area (Å²) in [5.74, 6) is -0.674. The number of unbranched alkanes of at least 4 members (excludes halogenated alkanes) is 6. The summed E-state index contributed by atoms with van der Waals surface area (Å²) in [6.07, 6.45) is 8.93. The fraction of sp³-hybridized carbons (Fsp3) is 0.471. The van der Waals surface area contributed by atoms with E-state index in [1.54, 1.807) is 18.2 Å². The number of hydrogen-bond donors (Lipinski definition) is 0. The fourth-order valence-electron chi connectivity index (χ4n) is 2.03. The van der Waals surface area contributed by atoms with E-state index in [0.29, 0.717) is 6.42 Å².